The Morgan fingerprint density at radius 3 is 2.92 bits per heavy atom. The number of nitrogens with one attached hydrogen (secondary N) is 1. The minimum Gasteiger partial charge on any atom is -0.381 e. The Hall–Kier alpha value is -0.830. The number of aliphatic imine (C=N–C) groups is 1. The van der Waals surface area contributed by atoms with Crippen LogP contribution in [0.2, 0.25) is 0 Å². The summed E-state index contributed by atoms with van der Waals surface area (Å²) in [5, 5.41) is 7.75. The van der Waals surface area contributed by atoms with Gasteiger partial charge >= 0.3 is 0 Å². The number of ether oxygens (including phenoxy) is 1. The largest absolute Gasteiger partial charge is 0.381 e. The van der Waals surface area contributed by atoms with Crippen LogP contribution in [-0.4, -0.2) is 60.5 Å². The summed E-state index contributed by atoms with van der Waals surface area (Å²) in [6, 6.07) is 0. The quantitative estimate of drug-likeness (QED) is 0.302. The van der Waals surface area contributed by atoms with Crippen LogP contribution in [-0.2, 0) is 11.8 Å². The molecule has 6 nitrogen and oxygen atoms in total. The summed E-state index contributed by atoms with van der Waals surface area (Å²) < 4.78 is 7.55. The molecule has 1 aliphatic heterocycles. The van der Waals surface area contributed by atoms with Crippen molar-refractivity contribution in [2.45, 2.75) is 31.6 Å². The summed E-state index contributed by atoms with van der Waals surface area (Å²) in [5.74, 6) is 2.42. The Kier molecular flexibility index (Phi) is 7.80. The van der Waals surface area contributed by atoms with Gasteiger partial charge in [0.25, 0.3) is 0 Å². The highest BCUT2D eigenvalue weighted by Crippen LogP contribution is 2.28. The van der Waals surface area contributed by atoms with Crippen molar-refractivity contribution >= 4 is 29.9 Å². The fourth-order valence-electron chi connectivity index (χ4n) is 3.12. The molecule has 1 unspecified atom stereocenters. The number of hydrogen-bond acceptors (Lipinski definition) is 3. The molecule has 136 valence electrons. The molecule has 2 fully saturated rings. The van der Waals surface area contributed by atoms with E-state index in [9.17, 15) is 0 Å². The van der Waals surface area contributed by atoms with E-state index >= 15 is 0 Å². The van der Waals surface area contributed by atoms with E-state index in [0.717, 1.165) is 57.6 Å². The third kappa shape index (κ3) is 5.61. The summed E-state index contributed by atoms with van der Waals surface area (Å²) in [6.45, 7) is 4.79. The number of halogens is 1. The molecule has 1 atom stereocenters. The average molecular weight is 447 g/mol. The van der Waals surface area contributed by atoms with E-state index in [1.54, 1.807) is 0 Å². The third-order valence-corrected chi connectivity index (χ3v) is 4.69. The fourth-order valence-corrected chi connectivity index (χ4v) is 3.12. The van der Waals surface area contributed by atoms with Crippen LogP contribution in [0, 0.1) is 5.92 Å². The molecule has 1 aromatic rings. The van der Waals surface area contributed by atoms with Gasteiger partial charge in [-0.15, -0.1) is 24.0 Å². The van der Waals surface area contributed by atoms with Crippen LogP contribution >= 0.6 is 24.0 Å². The first-order chi connectivity index (χ1) is 11.3. The first-order valence-electron chi connectivity index (χ1n) is 8.78. The van der Waals surface area contributed by atoms with Crippen molar-refractivity contribution in [3.05, 3.63) is 18.0 Å². The van der Waals surface area contributed by atoms with Crippen LogP contribution in [0.5, 0.6) is 0 Å². The molecule has 3 rings (SSSR count). The maximum Gasteiger partial charge on any atom is 0.193 e. The van der Waals surface area contributed by atoms with E-state index in [1.807, 2.05) is 25.0 Å². The Balaban J connectivity index is 0.00000208. The third-order valence-electron chi connectivity index (χ3n) is 4.69. The lowest BCUT2D eigenvalue weighted by atomic mass is 10.0. The van der Waals surface area contributed by atoms with Crippen LogP contribution in [0.1, 0.15) is 37.2 Å². The number of nitrogens with zero attached hydrogens (tertiary/aromatic N) is 4. The van der Waals surface area contributed by atoms with Gasteiger partial charge in [0.1, 0.15) is 0 Å². The highest BCUT2D eigenvalue weighted by atomic mass is 127. The van der Waals surface area contributed by atoms with Gasteiger partial charge in [0.15, 0.2) is 5.96 Å². The second-order valence-corrected chi connectivity index (χ2v) is 6.72. The van der Waals surface area contributed by atoms with Crippen molar-refractivity contribution in [2.75, 3.05) is 39.9 Å². The van der Waals surface area contributed by atoms with Crippen molar-refractivity contribution in [3.63, 3.8) is 0 Å². The zero-order valence-corrected chi connectivity index (χ0v) is 17.1. The summed E-state index contributed by atoms with van der Waals surface area (Å²) in [7, 11) is 3.84. The molecule has 1 aromatic heterocycles. The highest BCUT2D eigenvalue weighted by molar-refractivity contribution is 14.0. The molecule has 1 saturated carbocycles. The van der Waals surface area contributed by atoms with Gasteiger partial charge in [-0.2, -0.15) is 5.10 Å². The number of guanidine groups is 1. The normalized spacial score (nSPS) is 21.0. The van der Waals surface area contributed by atoms with E-state index in [4.69, 9.17) is 4.74 Å². The highest BCUT2D eigenvalue weighted by Gasteiger charge is 2.26. The molecule has 0 radical (unpaired) electrons. The van der Waals surface area contributed by atoms with Gasteiger partial charge in [-0.3, -0.25) is 9.67 Å². The second-order valence-electron chi connectivity index (χ2n) is 6.72. The standard InChI is InChI=1S/C17H29N5O.HI/c1-18-17(19-7-3-9-23-13-14-4-5-14)22-8-6-15(12-22)16-10-20-21(2)11-16;/h10-11,14-15H,3-9,12-13H2,1-2H3,(H,18,19);1H. The number of hydrogen-bond donors (Lipinski definition) is 1. The molecule has 1 aliphatic carbocycles. The molecule has 2 aliphatic rings. The van der Waals surface area contributed by atoms with Crippen molar-refractivity contribution in [2.24, 2.45) is 18.0 Å². The van der Waals surface area contributed by atoms with Gasteiger partial charge in [-0.05, 0) is 37.2 Å². The van der Waals surface area contributed by atoms with Gasteiger partial charge in [0, 0.05) is 59.1 Å². The zero-order valence-electron chi connectivity index (χ0n) is 14.8. The first-order valence-corrected chi connectivity index (χ1v) is 8.78. The van der Waals surface area contributed by atoms with Crippen LogP contribution in [0.3, 0.4) is 0 Å². The zero-order chi connectivity index (χ0) is 16.1. The van der Waals surface area contributed by atoms with Gasteiger partial charge in [0.05, 0.1) is 6.20 Å². The number of likely N-dealkylation sites (tertiary alicyclic amines) is 1. The molecule has 1 N–H and O–H groups in total. The Morgan fingerprint density at radius 1 is 1.42 bits per heavy atom. The monoisotopic (exact) mass is 447 g/mol. The summed E-state index contributed by atoms with van der Waals surface area (Å²) >= 11 is 0. The summed E-state index contributed by atoms with van der Waals surface area (Å²) in [4.78, 5) is 6.78. The summed E-state index contributed by atoms with van der Waals surface area (Å²) in [5.41, 5.74) is 1.33. The molecule has 0 spiro atoms. The first kappa shape index (κ1) is 19.5. The fraction of sp³-hybridized carbons (Fsp3) is 0.765. The molecule has 1 saturated heterocycles. The topological polar surface area (TPSA) is 54.7 Å². The Morgan fingerprint density at radius 2 is 2.25 bits per heavy atom. The van der Waals surface area contributed by atoms with E-state index in [2.05, 4.69) is 26.5 Å². The number of rotatable bonds is 7. The van der Waals surface area contributed by atoms with Gasteiger partial charge in [-0.25, -0.2) is 0 Å². The maximum atomic E-state index is 5.67. The van der Waals surface area contributed by atoms with Crippen molar-refractivity contribution < 1.29 is 4.74 Å². The van der Waals surface area contributed by atoms with Gasteiger partial charge < -0.3 is 15.0 Å². The van der Waals surface area contributed by atoms with Gasteiger partial charge in [0.2, 0.25) is 0 Å². The van der Waals surface area contributed by atoms with Crippen LogP contribution in [0.15, 0.2) is 17.4 Å². The minimum atomic E-state index is 0. The van der Waals surface area contributed by atoms with E-state index in [0.29, 0.717) is 5.92 Å². The van der Waals surface area contributed by atoms with E-state index in [-0.39, 0.29) is 24.0 Å². The smallest absolute Gasteiger partial charge is 0.193 e. The number of aryl methyl sites for hydroxylation is 1. The lowest BCUT2D eigenvalue weighted by molar-refractivity contribution is 0.122. The Bertz CT molecular complexity index is 529. The maximum absolute atomic E-state index is 5.67. The predicted molar refractivity (Wildman–Crippen MR) is 107 cm³/mol. The lowest BCUT2D eigenvalue weighted by Gasteiger charge is -2.21. The second kappa shape index (κ2) is 9.60. The molecule has 0 bridgehead atoms. The van der Waals surface area contributed by atoms with Crippen molar-refractivity contribution in [3.8, 4) is 0 Å². The SMILES string of the molecule is CN=C(NCCCOCC1CC1)N1CCC(c2cnn(C)c2)C1.I. The molecule has 0 aromatic carbocycles. The Labute approximate surface area is 162 Å². The minimum absolute atomic E-state index is 0. The van der Waals surface area contributed by atoms with Gasteiger partial charge in [-0.1, -0.05) is 0 Å². The molecular formula is C17H30IN5O. The molecule has 2 heterocycles. The molecule has 0 amide bonds. The van der Waals surface area contributed by atoms with E-state index < -0.39 is 0 Å². The number of aromatic nitrogens is 2. The van der Waals surface area contributed by atoms with Crippen LogP contribution in [0.4, 0.5) is 0 Å². The molecule has 7 heteroatoms. The van der Waals surface area contributed by atoms with Crippen molar-refractivity contribution in [1.29, 1.82) is 0 Å². The molecule has 24 heavy (non-hydrogen) atoms. The predicted octanol–water partition coefficient (Wildman–Crippen LogP) is 2.22. The molecular weight excluding hydrogens is 417 g/mol. The van der Waals surface area contributed by atoms with E-state index in [1.165, 1.54) is 18.4 Å². The van der Waals surface area contributed by atoms with Crippen molar-refractivity contribution in [1.82, 2.24) is 20.0 Å². The van der Waals surface area contributed by atoms with Crippen LogP contribution < -0.4 is 5.32 Å². The summed E-state index contributed by atoms with van der Waals surface area (Å²) in [6.07, 6.45) is 9.03. The van der Waals surface area contributed by atoms with Crippen LogP contribution in [0.25, 0.3) is 0 Å². The average Bonchev–Trinajstić information content (AvgIpc) is 3.06. The lowest BCUT2D eigenvalue weighted by Crippen LogP contribution is -2.40.